The summed E-state index contributed by atoms with van der Waals surface area (Å²) in [5.74, 6) is -2.63. The second-order valence-corrected chi connectivity index (χ2v) is 3.64. The van der Waals surface area contributed by atoms with Crippen LogP contribution in [-0.4, -0.2) is 21.3 Å². The third-order valence-electron chi connectivity index (χ3n) is 1.59. The number of aromatic carboxylic acids is 1. The fourth-order valence-corrected chi connectivity index (χ4v) is 1.18. The van der Waals surface area contributed by atoms with E-state index in [2.05, 4.69) is 0 Å². The number of hydrogen-bond donors (Lipinski definition) is 3. The van der Waals surface area contributed by atoms with Gasteiger partial charge in [0.25, 0.3) is 0 Å². The van der Waals surface area contributed by atoms with E-state index >= 15 is 0 Å². The van der Waals surface area contributed by atoms with E-state index in [0.29, 0.717) is 0 Å². The van der Waals surface area contributed by atoms with Crippen LogP contribution in [0.3, 0.4) is 0 Å². The van der Waals surface area contributed by atoms with Crippen molar-refractivity contribution in [1.29, 1.82) is 0 Å². The smallest absolute Gasteiger partial charge is 0.339 e. The van der Waals surface area contributed by atoms with E-state index in [0.717, 1.165) is 12.1 Å². The molecule has 0 aliphatic heterocycles. The number of carbonyl (C=O) groups is 1. The molecular formula is C8H6Cl2O4. The van der Waals surface area contributed by atoms with Gasteiger partial charge in [-0.05, 0) is 17.7 Å². The number of rotatable bonds is 2. The van der Waals surface area contributed by atoms with E-state index in [1.165, 1.54) is 0 Å². The number of alkyl halides is 2. The van der Waals surface area contributed by atoms with E-state index in [-0.39, 0.29) is 5.56 Å². The number of phenolic OH excluding ortho intramolecular Hbond substituents is 1. The van der Waals surface area contributed by atoms with Crippen molar-refractivity contribution in [2.45, 2.75) is 4.84 Å². The van der Waals surface area contributed by atoms with Crippen LogP contribution in [0.2, 0.25) is 0 Å². The number of benzene rings is 1. The molecule has 0 saturated carbocycles. The van der Waals surface area contributed by atoms with E-state index in [1.54, 1.807) is 0 Å². The minimum absolute atomic E-state index is 0.209. The second kappa shape index (κ2) is 3.94. The maximum absolute atomic E-state index is 10.6. The van der Waals surface area contributed by atoms with Gasteiger partial charge < -0.3 is 15.3 Å². The first-order valence-corrected chi connectivity index (χ1v) is 4.38. The zero-order valence-corrected chi connectivity index (χ0v) is 8.25. The molecule has 1 aromatic carbocycles. The Kier molecular flexibility index (Phi) is 3.08. The number of carboxylic acids is 1. The SMILES string of the molecule is O=C(O)c1cc(C(Cl)Cl)cc(O)c1O. The molecule has 0 atom stereocenters. The Morgan fingerprint density at radius 3 is 2.29 bits per heavy atom. The van der Waals surface area contributed by atoms with Crippen molar-refractivity contribution in [2.75, 3.05) is 0 Å². The Morgan fingerprint density at radius 2 is 1.86 bits per heavy atom. The van der Waals surface area contributed by atoms with Crippen molar-refractivity contribution in [2.24, 2.45) is 0 Å². The Balaban J connectivity index is 3.35. The van der Waals surface area contributed by atoms with Gasteiger partial charge in [-0.15, -0.1) is 23.2 Å². The molecular weight excluding hydrogens is 231 g/mol. The third-order valence-corrected chi connectivity index (χ3v) is 2.10. The fourth-order valence-electron chi connectivity index (χ4n) is 0.930. The average molecular weight is 237 g/mol. The lowest BCUT2D eigenvalue weighted by Crippen LogP contribution is -1.98. The molecule has 14 heavy (non-hydrogen) atoms. The molecule has 4 nitrogen and oxygen atoms in total. The van der Waals surface area contributed by atoms with E-state index in [4.69, 9.17) is 38.5 Å². The van der Waals surface area contributed by atoms with Crippen LogP contribution in [0.4, 0.5) is 0 Å². The van der Waals surface area contributed by atoms with Gasteiger partial charge in [0.1, 0.15) is 10.4 Å². The van der Waals surface area contributed by atoms with Gasteiger partial charge >= 0.3 is 5.97 Å². The normalized spacial score (nSPS) is 10.5. The van der Waals surface area contributed by atoms with Gasteiger partial charge in [-0.25, -0.2) is 4.79 Å². The number of hydrogen-bond acceptors (Lipinski definition) is 3. The molecule has 3 N–H and O–H groups in total. The largest absolute Gasteiger partial charge is 0.504 e. The predicted molar refractivity (Wildman–Crippen MR) is 51.2 cm³/mol. The summed E-state index contributed by atoms with van der Waals surface area (Å²) in [6.07, 6.45) is 0. The number of phenols is 2. The summed E-state index contributed by atoms with van der Waals surface area (Å²) in [6, 6.07) is 2.20. The van der Waals surface area contributed by atoms with Gasteiger partial charge in [0.2, 0.25) is 0 Å². The van der Waals surface area contributed by atoms with Crippen LogP contribution in [0.15, 0.2) is 12.1 Å². The molecule has 1 aromatic rings. The molecule has 0 amide bonds. The van der Waals surface area contributed by atoms with Crippen LogP contribution in [-0.2, 0) is 0 Å². The molecule has 76 valence electrons. The van der Waals surface area contributed by atoms with Crippen molar-refractivity contribution in [1.82, 2.24) is 0 Å². The summed E-state index contributed by atoms with van der Waals surface area (Å²) in [4.78, 5) is 9.63. The van der Waals surface area contributed by atoms with Gasteiger partial charge in [0.05, 0.1) is 0 Å². The first-order chi connectivity index (χ1) is 6.43. The molecule has 0 radical (unpaired) electrons. The van der Waals surface area contributed by atoms with Crippen LogP contribution in [0, 0.1) is 0 Å². The maximum atomic E-state index is 10.6. The summed E-state index contributed by atoms with van der Waals surface area (Å²) in [5, 5.41) is 26.9. The highest BCUT2D eigenvalue weighted by molar-refractivity contribution is 6.44. The van der Waals surface area contributed by atoms with E-state index in [9.17, 15) is 4.79 Å². The topological polar surface area (TPSA) is 77.8 Å². The summed E-state index contributed by atoms with van der Waals surface area (Å²) >= 11 is 11.0. The first kappa shape index (κ1) is 10.9. The molecule has 0 aliphatic rings. The van der Waals surface area contributed by atoms with Crippen LogP contribution in [0.25, 0.3) is 0 Å². The number of halogens is 2. The summed E-state index contributed by atoms with van der Waals surface area (Å²) in [5.41, 5.74) is -0.229. The van der Waals surface area contributed by atoms with Gasteiger partial charge in [0.15, 0.2) is 11.5 Å². The minimum Gasteiger partial charge on any atom is -0.504 e. The maximum Gasteiger partial charge on any atom is 0.339 e. The van der Waals surface area contributed by atoms with Gasteiger partial charge in [0, 0.05) is 0 Å². The Hall–Kier alpha value is -1.13. The molecule has 0 saturated heterocycles. The Labute approximate surface area is 89.3 Å². The van der Waals surface area contributed by atoms with Crippen LogP contribution in [0.5, 0.6) is 11.5 Å². The lowest BCUT2D eigenvalue weighted by molar-refractivity contribution is 0.0693. The Bertz CT molecular complexity index is 376. The summed E-state index contributed by atoms with van der Waals surface area (Å²) in [6.45, 7) is 0. The summed E-state index contributed by atoms with van der Waals surface area (Å²) < 4.78 is 0. The standard InChI is InChI=1S/C8H6Cl2O4/c9-7(10)3-1-4(8(13)14)6(12)5(11)2-3/h1-2,7,11-12H,(H,13,14). The van der Waals surface area contributed by atoms with Crippen molar-refractivity contribution < 1.29 is 20.1 Å². The molecule has 1 rings (SSSR count). The highest BCUT2D eigenvalue weighted by Crippen LogP contribution is 2.35. The molecule has 0 aliphatic carbocycles. The monoisotopic (exact) mass is 236 g/mol. The fraction of sp³-hybridized carbons (Fsp3) is 0.125. The zero-order chi connectivity index (χ0) is 10.9. The van der Waals surface area contributed by atoms with Crippen LogP contribution < -0.4 is 0 Å². The molecule has 0 fully saturated rings. The van der Waals surface area contributed by atoms with E-state index < -0.39 is 27.9 Å². The molecule has 0 spiro atoms. The first-order valence-electron chi connectivity index (χ1n) is 3.50. The molecule has 0 unspecified atom stereocenters. The zero-order valence-electron chi connectivity index (χ0n) is 6.74. The molecule has 6 heteroatoms. The second-order valence-electron chi connectivity index (χ2n) is 2.54. The molecule has 0 aromatic heterocycles. The van der Waals surface area contributed by atoms with Crippen LogP contribution in [0.1, 0.15) is 20.8 Å². The molecule has 0 heterocycles. The average Bonchev–Trinajstić information content (AvgIpc) is 2.08. The predicted octanol–water partition coefficient (Wildman–Crippen LogP) is 2.27. The number of aromatic hydroxyl groups is 2. The van der Waals surface area contributed by atoms with Crippen molar-refractivity contribution in [3.05, 3.63) is 23.3 Å². The van der Waals surface area contributed by atoms with Crippen LogP contribution >= 0.6 is 23.2 Å². The lowest BCUT2D eigenvalue weighted by Gasteiger charge is -2.07. The Morgan fingerprint density at radius 1 is 1.29 bits per heavy atom. The van der Waals surface area contributed by atoms with Gasteiger partial charge in [-0.3, -0.25) is 0 Å². The molecule has 0 bridgehead atoms. The van der Waals surface area contributed by atoms with Gasteiger partial charge in [-0.1, -0.05) is 0 Å². The van der Waals surface area contributed by atoms with Crippen molar-refractivity contribution in [3.63, 3.8) is 0 Å². The van der Waals surface area contributed by atoms with Gasteiger partial charge in [-0.2, -0.15) is 0 Å². The summed E-state index contributed by atoms with van der Waals surface area (Å²) in [7, 11) is 0. The van der Waals surface area contributed by atoms with Crippen molar-refractivity contribution >= 4 is 29.2 Å². The highest BCUT2D eigenvalue weighted by atomic mass is 35.5. The quantitative estimate of drug-likeness (QED) is 0.544. The third kappa shape index (κ3) is 2.02. The highest BCUT2D eigenvalue weighted by Gasteiger charge is 2.17. The lowest BCUT2D eigenvalue weighted by atomic mass is 10.1. The van der Waals surface area contributed by atoms with Crippen molar-refractivity contribution in [3.8, 4) is 11.5 Å². The minimum atomic E-state index is -1.37. The van der Waals surface area contributed by atoms with E-state index in [1.807, 2.05) is 0 Å². The number of carboxylic acid groups (broad SMARTS) is 1.